The maximum atomic E-state index is 13.9. The fourth-order valence-electron chi connectivity index (χ4n) is 2.97. The van der Waals surface area contributed by atoms with Gasteiger partial charge in [-0.05, 0) is 54.1 Å². The summed E-state index contributed by atoms with van der Waals surface area (Å²) in [6.45, 7) is 0.0777. The molecule has 0 unspecified atom stereocenters. The summed E-state index contributed by atoms with van der Waals surface area (Å²) in [6.07, 6.45) is 1.46. The number of hydrogen-bond donors (Lipinski definition) is 1. The van der Waals surface area contributed by atoms with E-state index in [1.807, 2.05) is 0 Å². The first-order valence-electron chi connectivity index (χ1n) is 9.52. The van der Waals surface area contributed by atoms with Crippen LogP contribution in [-0.4, -0.2) is 26.0 Å². The molecular weight excluding hydrogens is 439 g/mol. The van der Waals surface area contributed by atoms with Crippen LogP contribution in [-0.2, 0) is 6.61 Å². The number of carbonyl (C=O) groups excluding carboxylic acids is 1. The highest BCUT2D eigenvalue weighted by atomic mass is 35.5. The third-order valence-corrected chi connectivity index (χ3v) is 4.99. The van der Waals surface area contributed by atoms with Crippen molar-refractivity contribution in [1.29, 1.82) is 0 Å². The van der Waals surface area contributed by atoms with Crippen molar-refractivity contribution in [2.24, 2.45) is 5.10 Å². The molecule has 0 fully saturated rings. The van der Waals surface area contributed by atoms with Gasteiger partial charge < -0.3 is 18.9 Å². The quantitative estimate of drug-likeness (QED) is 0.416. The van der Waals surface area contributed by atoms with Crippen molar-refractivity contribution >= 4 is 23.7 Å². The molecule has 1 N–H and O–H groups in total. The van der Waals surface area contributed by atoms with Crippen molar-refractivity contribution in [2.75, 3.05) is 13.9 Å². The lowest BCUT2D eigenvalue weighted by molar-refractivity contribution is 0.0954. The number of hydrazone groups is 1. The summed E-state index contributed by atoms with van der Waals surface area (Å²) in [4.78, 5) is 12.3. The molecule has 0 aromatic heterocycles. The molecule has 0 spiro atoms. The lowest BCUT2D eigenvalue weighted by atomic mass is 10.2. The first-order valence-corrected chi connectivity index (χ1v) is 9.89. The number of amides is 1. The molecule has 164 valence electrons. The van der Waals surface area contributed by atoms with Gasteiger partial charge >= 0.3 is 0 Å². The summed E-state index contributed by atoms with van der Waals surface area (Å²) >= 11 is 6.03. The number of methoxy groups -OCH3 is 1. The number of fused-ring (bicyclic) bond motifs is 1. The molecule has 1 amide bonds. The molecular formula is C23H18ClFN2O5. The Morgan fingerprint density at radius 2 is 2.00 bits per heavy atom. The molecule has 0 aliphatic carbocycles. The third-order valence-electron chi connectivity index (χ3n) is 4.64. The number of hydrogen-bond acceptors (Lipinski definition) is 6. The largest absolute Gasteiger partial charge is 0.493 e. The van der Waals surface area contributed by atoms with Crippen LogP contribution in [0.25, 0.3) is 0 Å². The van der Waals surface area contributed by atoms with Crippen LogP contribution in [0, 0.1) is 5.82 Å². The Morgan fingerprint density at radius 1 is 1.16 bits per heavy atom. The Labute approximate surface area is 188 Å². The number of benzene rings is 3. The molecule has 3 aromatic carbocycles. The van der Waals surface area contributed by atoms with Crippen molar-refractivity contribution in [2.45, 2.75) is 6.61 Å². The molecule has 1 aliphatic rings. The van der Waals surface area contributed by atoms with Gasteiger partial charge in [0.2, 0.25) is 6.79 Å². The lowest BCUT2D eigenvalue weighted by Gasteiger charge is -2.12. The highest BCUT2D eigenvalue weighted by molar-refractivity contribution is 6.31. The number of halogens is 2. The molecule has 0 atom stereocenters. The number of rotatable bonds is 7. The summed E-state index contributed by atoms with van der Waals surface area (Å²) < 4.78 is 35.5. The van der Waals surface area contributed by atoms with Crippen LogP contribution in [0.5, 0.6) is 23.0 Å². The Hall–Kier alpha value is -3.78. The molecule has 0 saturated heterocycles. The second-order valence-corrected chi connectivity index (χ2v) is 7.07. The molecule has 9 heteroatoms. The van der Waals surface area contributed by atoms with Crippen LogP contribution >= 0.6 is 11.6 Å². The van der Waals surface area contributed by atoms with Gasteiger partial charge in [0, 0.05) is 11.1 Å². The number of nitrogens with zero attached hydrogens (tertiary/aromatic N) is 1. The second kappa shape index (κ2) is 9.57. The summed E-state index contributed by atoms with van der Waals surface area (Å²) in [5.41, 5.74) is 3.76. The SMILES string of the molecule is COc1cc(C=NNC(=O)c2ccc3c(c2)OCO3)ccc1OCc1c(F)cccc1Cl. The standard InChI is InChI=1S/C23H18ClFN2O5/c1-29-21-9-14(5-7-19(21)30-12-16-17(24)3-2-4-18(16)25)11-26-27-23(28)15-6-8-20-22(10-15)32-13-31-20/h2-11H,12-13H2,1H3,(H,27,28). The van der Waals surface area contributed by atoms with E-state index >= 15 is 0 Å². The summed E-state index contributed by atoms with van der Waals surface area (Å²) in [5.74, 6) is 1.10. The molecule has 32 heavy (non-hydrogen) atoms. The number of carbonyl (C=O) groups is 1. The monoisotopic (exact) mass is 456 g/mol. The predicted octanol–water partition coefficient (Wildman–Crippen LogP) is 4.56. The summed E-state index contributed by atoms with van der Waals surface area (Å²) in [7, 11) is 1.49. The molecule has 0 radical (unpaired) electrons. The smallest absolute Gasteiger partial charge is 0.271 e. The first kappa shape index (κ1) is 21.5. The molecule has 1 aliphatic heterocycles. The van der Waals surface area contributed by atoms with E-state index in [-0.39, 0.29) is 24.0 Å². The molecule has 7 nitrogen and oxygen atoms in total. The van der Waals surface area contributed by atoms with Gasteiger partial charge in [-0.15, -0.1) is 0 Å². The molecule has 1 heterocycles. The fourth-order valence-corrected chi connectivity index (χ4v) is 3.19. The van der Waals surface area contributed by atoms with Gasteiger partial charge in [0.05, 0.1) is 18.3 Å². The van der Waals surface area contributed by atoms with E-state index < -0.39 is 11.7 Å². The zero-order valence-corrected chi connectivity index (χ0v) is 17.7. The van der Waals surface area contributed by atoms with Crippen LogP contribution in [0.1, 0.15) is 21.5 Å². The lowest BCUT2D eigenvalue weighted by Crippen LogP contribution is -2.17. The van der Waals surface area contributed by atoms with Gasteiger partial charge in [-0.25, -0.2) is 9.82 Å². The van der Waals surface area contributed by atoms with Crippen LogP contribution in [0.4, 0.5) is 4.39 Å². The third kappa shape index (κ3) is 4.76. The van der Waals surface area contributed by atoms with Gasteiger partial charge in [-0.3, -0.25) is 4.79 Å². The first-order chi connectivity index (χ1) is 15.5. The molecule has 0 bridgehead atoms. The van der Waals surface area contributed by atoms with Gasteiger partial charge in [0.15, 0.2) is 23.0 Å². The zero-order chi connectivity index (χ0) is 22.5. The van der Waals surface area contributed by atoms with E-state index in [1.54, 1.807) is 42.5 Å². The van der Waals surface area contributed by atoms with E-state index in [2.05, 4.69) is 10.5 Å². The number of nitrogens with one attached hydrogen (secondary N) is 1. The van der Waals surface area contributed by atoms with Gasteiger partial charge in [0.1, 0.15) is 12.4 Å². The van der Waals surface area contributed by atoms with Crippen LogP contribution < -0.4 is 24.4 Å². The number of ether oxygens (including phenoxy) is 4. The Bertz CT molecular complexity index is 1160. The highest BCUT2D eigenvalue weighted by Crippen LogP contribution is 2.32. The Balaban J connectivity index is 1.40. The maximum Gasteiger partial charge on any atom is 0.271 e. The van der Waals surface area contributed by atoms with Crippen molar-refractivity contribution in [3.63, 3.8) is 0 Å². The van der Waals surface area contributed by atoms with E-state index in [1.165, 1.54) is 25.5 Å². The van der Waals surface area contributed by atoms with Crippen molar-refractivity contribution < 1.29 is 28.1 Å². The van der Waals surface area contributed by atoms with Crippen LogP contribution in [0.15, 0.2) is 59.7 Å². The van der Waals surface area contributed by atoms with Crippen LogP contribution in [0.3, 0.4) is 0 Å². The topological polar surface area (TPSA) is 78.4 Å². The van der Waals surface area contributed by atoms with Gasteiger partial charge in [-0.2, -0.15) is 5.10 Å². The maximum absolute atomic E-state index is 13.9. The van der Waals surface area contributed by atoms with Gasteiger partial charge in [0.25, 0.3) is 5.91 Å². The summed E-state index contributed by atoms with van der Waals surface area (Å²) in [6, 6.07) is 14.4. The minimum absolute atomic E-state index is 0.0547. The average Bonchev–Trinajstić information content (AvgIpc) is 3.27. The van der Waals surface area contributed by atoms with E-state index in [0.29, 0.717) is 34.1 Å². The minimum atomic E-state index is -0.446. The molecule has 3 aromatic rings. The minimum Gasteiger partial charge on any atom is -0.493 e. The normalized spacial score (nSPS) is 12.1. The molecule has 4 rings (SSSR count). The fraction of sp³-hybridized carbons (Fsp3) is 0.130. The summed E-state index contributed by atoms with van der Waals surface area (Å²) in [5, 5.41) is 4.26. The van der Waals surface area contributed by atoms with Crippen LogP contribution in [0.2, 0.25) is 5.02 Å². The Morgan fingerprint density at radius 3 is 2.81 bits per heavy atom. The van der Waals surface area contributed by atoms with E-state index in [9.17, 15) is 9.18 Å². The Kier molecular flexibility index (Phi) is 6.42. The van der Waals surface area contributed by atoms with Crippen molar-refractivity contribution in [1.82, 2.24) is 5.43 Å². The highest BCUT2D eigenvalue weighted by Gasteiger charge is 2.16. The second-order valence-electron chi connectivity index (χ2n) is 6.67. The van der Waals surface area contributed by atoms with Crippen molar-refractivity contribution in [3.05, 3.63) is 82.1 Å². The van der Waals surface area contributed by atoms with Gasteiger partial charge in [-0.1, -0.05) is 17.7 Å². The van der Waals surface area contributed by atoms with E-state index in [0.717, 1.165) is 0 Å². The average molecular weight is 457 g/mol. The zero-order valence-electron chi connectivity index (χ0n) is 16.9. The van der Waals surface area contributed by atoms with Crippen molar-refractivity contribution in [3.8, 4) is 23.0 Å². The predicted molar refractivity (Wildman–Crippen MR) is 116 cm³/mol. The van der Waals surface area contributed by atoms with E-state index in [4.69, 9.17) is 30.5 Å². The molecule has 0 saturated carbocycles.